The highest BCUT2D eigenvalue weighted by molar-refractivity contribution is 6.30. The maximum absolute atomic E-state index is 12.1. The number of hydrogen-bond donors (Lipinski definition) is 2. The molecule has 6 heteroatoms. The molecule has 1 heterocycles. The van der Waals surface area contributed by atoms with Crippen molar-refractivity contribution in [2.24, 2.45) is 0 Å². The zero-order valence-corrected chi connectivity index (χ0v) is 15.3. The number of fused-ring (bicyclic) bond motifs is 1. The largest absolute Gasteiger partial charge is 0.493 e. The number of carbonyl (C=O) groups is 2. The lowest BCUT2D eigenvalue weighted by Crippen LogP contribution is -2.28. The lowest BCUT2D eigenvalue weighted by atomic mass is 9.98. The molecule has 0 aliphatic carbocycles. The number of halogens is 1. The summed E-state index contributed by atoms with van der Waals surface area (Å²) in [4.78, 5) is 23.6. The van der Waals surface area contributed by atoms with Gasteiger partial charge in [-0.3, -0.25) is 9.59 Å². The van der Waals surface area contributed by atoms with Crippen LogP contribution in [0.5, 0.6) is 5.75 Å². The number of ether oxygens (including phenoxy) is 1. The molecular formula is C20H21ClN2O3. The summed E-state index contributed by atoms with van der Waals surface area (Å²) in [6.45, 7) is 2.25. The molecule has 0 fully saturated rings. The summed E-state index contributed by atoms with van der Waals surface area (Å²) in [6.07, 6.45) is 1.50. The van der Waals surface area contributed by atoms with Crippen LogP contribution < -0.4 is 15.4 Å². The van der Waals surface area contributed by atoms with Gasteiger partial charge >= 0.3 is 0 Å². The van der Waals surface area contributed by atoms with E-state index in [0.29, 0.717) is 23.8 Å². The third-order valence-corrected chi connectivity index (χ3v) is 4.57. The predicted octanol–water partition coefficient (Wildman–Crippen LogP) is 3.87. The molecule has 2 N–H and O–H groups in total. The number of amides is 2. The minimum Gasteiger partial charge on any atom is -0.493 e. The number of nitrogens with one attached hydrogen (secondary N) is 2. The van der Waals surface area contributed by atoms with Gasteiger partial charge in [-0.15, -0.1) is 0 Å². The highest BCUT2D eigenvalue weighted by Gasteiger charge is 2.17. The Kier molecular flexibility index (Phi) is 5.78. The van der Waals surface area contributed by atoms with Crippen LogP contribution >= 0.6 is 11.6 Å². The number of hydrogen-bond acceptors (Lipinski definition) is 3. The third-order valence-electron chi connectivity index (χ3n) is 4.31. The molecule has 0 spiro atoms. The van der Waals surface area contributed by atoms with Crippen LogP contribution in [0.4, 0.5) is 5.69 Å². The van der Waals surface area contributed by atoms with Crippen molar-refractivity contribution in [1.82, 2.24) is 5.32 Å². The van der Waals surface area contributed by atoms with E-state index in [1.54, 1.807) is 24.3 Å². The van der Waals surface area contributed by atoms with Crippen LogP contribution in [0, 0.1) is 0 Å². The third kappa shape index (κ3) is 4.76. The summed E-state index contributed by atoms with van der Waals surface area (Å²) in [7, 11) is 0. The number of rotatable bonds is 6. The van der Waals surface area contributed by atoms with Crippen molar-refractivity contribution in [2.45, 2.75) is 32.2 Å². The lowest BCUT2D eigenvalue weighted by molar-refractivity contribution is -0.122. The molecule has 0 aromatic heterocycles. The standard InChI is InChI=1S/C20H21ClN2O3/c1-13(14-2-8-18-15(12-14)3-9-19(24)23-18)22-20(25)10-11-26-17-6-4-16(21)5-7-17/h2,4-8,12-13H,3,9-11H2,1H3,(H,22,25)(H,23,24). The Morgan fingerprint density at radius 3 is 2.77 bits per heavy atom. The summed E-state index contributed by atoms with van der Waals surface area (Å²) in [5.74, 6) is 0.664. The van der Waals surface area contributed by atoms with Gasteiger partial charge < -0.3 is 15.4 Å². The average molecular weight is 373 g/mol. The zero-order chi connectivity index (χ0) is 18.5. The molecule has 3 rings (SSSR count). The van der Waals surface area contributed by atoms with Gasteiger partial charge in [0.1, 0.15) is 5.75 Å². The monoisotopic (exact) mass is 372 g/mol. The first-order valence-electron chi connectivity index (χ1n) is 8.61. The fourth-order valence-corrected chi connectivity index (χ4v) is 2.99. The number of anilines is 1. The van der Waals surface area contributed by atoms with Gasteiger partial charge in [0.15, 0.2) is 0 Å². The molecule has 0 saturated carbocycles. The van der Waals surface area contributed by atoms with Crippen LogP contribution in [0.15, 0.2) is 42.5 Å². The fourth-order valence-electron chi connectivity index (χ4n) is 2.86. The Bertz CT molecular complexity index is 805. The first-order valence-corrected chi connectivity index (χ1v) is 8.99. The van der Waals surface area contributed by atoms with E-state index in [4.69, 9.17) is 16.3 Å². The van der Waals surface area contributed by atoms with E-state index in [2.05, 4.69) is 10.6 Å². The van der Waals surface area contributed by atoms with Crippen LogP contribution in [0.1, 0.15) is 36.9 Å². The molecule has 2 amide bonds. The second-order valence-electron chi connectivity index (χ2n) is 6.31. The Labute approximate surface area is 157 Å². The summed E-state index contributed by atoms with van der Waals surface area (Å²) in [6, 6.07) is 12.8. The molecule has 0 radical (unpaired) electrons. The lowest BCUT2D eigenvalue weighted by Gasteiger charge is -2.20. The van der Waals surface area contributed by atoms with Crippen molar-refractivity contribution < 1.29 is 14.3 Å². The van der Waals surface area contributed by atoms with Gasteiger partial charge in [-0.1, -0.05) is 23.7 Å². The van der Waals surface area contributed by atoms with Crippen molar-refractivity contribution in [2.75, 3.05) is 11.9 Å². The maximum atomic E-state index is 12.1. The van der Waals surface area contributed by atoms with Crippen molar-refractivity contribution in [3.8, 4) is 5.75 Å². The van der Waals surface area contributed by atoms with Crippen LogP contribution in [-0.4, -0.2) is 18.4 Å². The SMILES string of the molecule is CC(NC(=O)CCOc1ccc(Cl)cc1)c1ccc2c(c1)CCC(=O)N2. The Morgan fingerprint density at radius 2 is 2.00 bits per heavy atom. The second kappa shape index (κ2) is 8.23. The number of aryl methyl sites for hydroxylation is 1. The van der Waals surface area contributed by atoms with Crippen LogP contribution in [-0.2, 0) is 16.0 Å². The molecule has 1 aliphatic rings. The Balaban J connectivity index is 1.49. The molecule has 2 aromatic carbocycles. The molecule has 2 aromatic rings. The van der Waals surface area contributed by atoms with Crippen molar-refractivity contribution in [3.05, 3.63) is 58.6 Å². The van der Waals surface area contributed by atoms with Crippen molar-refractivity contribution >= 4 is 29.1 Å². The molecule has 26 heavy (non-hydrogen) atoms. The molecule has 5 nitrogen and oxygen atoms in total. The molecule has 0 bridgehead atoms. The number of carbonyl (C=O) groups excluding carboxylic acids is 2. The van der Waals surface area contributed by atoms with E-state index < -0.39 is 0 Å². The molecular weight excluding hydrogens is 352 g/mol. The first kappa shape index (κ1) is 18.3. The van der Waals surface area contributed by atoms with Gasteiger partial charge in [-0.25, -0.2) is 0 Å². The maximum Gasteiger partial charge on any atom is 0.224 e. The molecule has 1 atom stereocenters. The van der Waals surface area contributed by atoms with Crippen molar-refractivity contribution in [3.63, 3.8) is 0 Å². The summed E-state index contributed by atoms with van der Waals surface area (Å²) in [5, 5.41) is 6.49. The van der Waals surface area contributed by atoms with Gasteiger partial charge in [0.2, 0.25) is 11.8 Å². The second-order valence-corrected chi connectivity index (χ2v) is 6.74. The summed E-state index contributed by atoms with van der Waals surface area (Å²) in [5.41, 5.74) is 2.99. The smallest absolute Gasteiger partial charge is 0.224 e. The zero-order valence-electron chi connectivity index (χ0n) is 14.5. The van der Waals surface area contributed by atoms with Crippen LogP contribution in [0.2, 0.25) is 5.02 Å². The van der Waals surface area contributed by atoms with Crippen LogP contribution in [0.3, 0.4) is 0 Å². The van der Waals surface area contributed by atoms with E-state index in [1.807, 2.05) is 25.1 Å². The minimum absolute atomic E-state index is 0.0484. The van der Waals surface area contributed by atoms with Crippen LogP contribution in [0.25, 0.3) is 0 Å². The van der Waals surface area contributed by atoms with Crippen molar-refractivity contribution in [1.29, 1.82) is 0 Å². The Morgan fingerprint density at radius 1 is 1.23 bits per heavy atom. The minimum atomic E-state index is -0.110. The molecule has 1 unspecified atom stereocenters. The summed E-state index contributed by atoms with van der Waals surface area (Å²) < 4.78 is 5.54. The van der Waals surface area contributed by atoms with Gasteiger partial charge in [-0.2, -0.15) is 0 Å². The quantitative estimate of drug-likeness (QED) is 0.808. The van der Waals surface area contributed by atoms with E-state index in [-0.39, 0.29) is 24.3 Å². The van der Waals surface area contributed by atoms with E-state index in [9.17, 15) is 9.59 Å². The molecule has 0 saturated heterocycles. The number of benzene rings is 2. The van der Waals surface area contributed by atoms with Gasteiger partial charge in [0, 0.05) is 17.1 Å². The van der Waals surface area contributed by atoms with E-state index in [0.717, 1.165) is 23.2 Å². The highest BCUT2D eigenvalue weighted by Crippen LogP contribution is 2.26. The highest BCUT2D eigenvalue weighted by atomic mass is 35.5. The van der Waals surface area contributed by atoms with Gasteiger partial charge in [0.25, 0.3) is 0 Å². The first-order chi connectivity index (χ1) is 12.5. The average Bonchev–Trinajstić information content (AvgIpc) is 2.63. The van der Waals surface area contributed by atoms with E-state index >= 15 is 0 Å². The predicted molar refractivity (Wildman–Crippen MR) is 102 cm³/mol. The van der Waals surface area contributed by atoms with E-state index in [1.165, 1.54) is 0 Å². The topological polar surface area (TPSA) is 67.4 Å². The van der Waals surface area contributed by atoms with Gasteiger partial charge in [0.05, 0.1) is 19.1 Å². The fraction of sp³-hybridized carbons (Fsp3) is 0.300. The van der Waals surface area contributed by atoms with Gasteiger partial charge in [-0.05, 0) is 54.8 Å². The molecule has 1 aliphatic heterocycles. The summed E-state index contributed by atoms with van der Waals surface area (Å²) >= 11 is 5.82. The Hall–Kier alpha value is -2.53. The molecule has 136 valence electrons. The normalized spacial score (nSPS) is 14.2.